The van der Waals surface area contributed by atoms with E-state index in [1.165, 1.54) is 25.3 Å². The summed E-state index contributed by atoms with van der Waals surface area (Å²) in [7, 11) is 1.49. The molecule has 0 radical (unpaired) electrons. The van der Waals surface area contributed by atoms with Crippen molar-refractivity contribution in [1.82, 2.24) is 0 Å². The normalized spacial score (nSPS) is 34.6. The zero-order valence-corrected chi connectivity index (χ0v) is 24.5. The van der Waals surface area contributed by atoms with Gasteiger partial charge in [0.25, 0.3) is 0 Å². The fraction of sp³-hybridized carbons (Fsp3) is 0.533. The Morgan fingerprint density at radius 3 is 2.44 bits per heavy atom. The van der Waals surface area contributed by atoms with E-state index >= 15 is 0 Å². The quantitative estimate of drug-likeness (QED) is 0.155. The maximum absolute atomic E-state index is 10.9. The van der Waals surface area contributed by atoms with E-state index in [1.54, 1.807) is 31.2 Å². The first kappa shape index (κ1) is 33.2. The second kappa shape index (κ2) is 13.6. The summed E-state index contributed by atoms with van der Waals surface area (Å²) in [5.41, 5.74) is -0.860. The van der Waals surface area contributed by atoms with Gasteiger partial charge in [-0.1, -0.05) is 12.2 Å². The van der Waals surface area contributed by atoms with Crippen LogP contribution in [0.15, 0.2) is 36.4 Å². The Bertz CT molecular complexity index is 1350. The third-order valence-corrected chi connectivity index (χ3v) is 7.90. The Labute approximate surface area is 257 Å². The summed E-state index contributed by atoms with van der Waals surface area (Å²) in [6.07, 6.45) is -8.78. The number of fused-ring (bicyclic) bond motifs is 1. The van der Waals surface area contributed by atoms with Crippen molar-refractivity contribution in [2.45, 2.75) is 67.8 Å². The van der Waals surface area contributed by atoms with Gasteiger partial charge in [0.05, 0.1) is 33.5 Å². The van der Waals surface area contributed by atoms with Crippen molar-refractivity contribution in [2.75, 3.05) is 33.5 Å². The molecule has 10 atom stereocenters. The van der Waals surface area contributed by atoms with Gasteiger partial charge in [0.15, 0.2) is 23.9 Å². The fourth-order valence-electron chi connectivity index (χ4n) is 5.28. The predicted molar refractivity (Wildman–Crippen MR) is 152 cm³/mol. The number of benzene rings is 2. The molecule has 5 rings (SSSR count). The Hall–Kier alpha value is -3.22. The third kappa shape index (κ3) is 6.69. The Morgan fingerprint density at radius 1 is 1.00 bits per heavy atom. The van der Waals surface area contributed by atoms with Crippen LogP contribution in [0.25, 0.3) is 6.08 Å². The molecule has 3 heterocycles. The monoisotopic (exact) mass is 638 g/mol. The van der Waals surface area contributed by atoms with Crippen LogP contribution in [-0.2, 0) is 14.2 Å². The molecule has 3 aliphatic heterocycles. The number of aliphatic hydroxyl groups is 7. The molecule has 0 bridgehead atoms. The van der Waals surface area contributed by atoms with Crippen molar-refractivity contribution in [2.24, 2.45) is 0 Å². The SMILES string of the molecule is COc1cc(/C=C/CO)cc2c1O[C@@H](C)[C@H](c1ccc(O[C@@H]3O[C@H](CO[C@@H]4OC[C@](O)(CO)[C@H]4O)[C@@H](O)[C@H](O)[C@H]3O)cc1O)O2. The number of hydrogen-bond acceptors (Lipinski definition) is 15. The summed E-state index contributed by atoms with van der Waals surface area (Å²) in [6.45, 7) is 0.00652. The molecule has 8 N–H and O–H groups in total. The van der Waals surface area contributed by atoms with Crippen molar-refractivity contribution >= 4 is 6.08 Å². The molecule has 0 aliphatic carbocycles. The molecule has 0 amide bonds. The summed E-state index contributed by atoms with van der Waals surface area (Å²) in [6, 6.07) is 7.74. The number of rotatable bonds is 10. The van der Waals surface area contributed by atoms with E-state index in [0.29, 0.717) is 28.4 Å². The van der Waals surface area contributed by atoms with Crippen LogP contribution >= 0.6 is 0 Å². The van der Waals surface area contributed by atoms with Crippen LogP contribution < -0.4 is 18.9 Å². The number of phenolic OH excluding ortho intramolecular Hbond substituents is 1. The second-order valence-electron chi connectivity index (χ2n) is 11.1. The molecule has 0 saturated carbocycles. The van der Waals surface area contributed by atoms with Crippen molar-refractivity contribution in [3.63, 3.8) is 0 Å². The molecule has 45 heavy (non-hydrogen) atoms. The van der Waals surface area contributed by atoms with Crippen LogP contribution in [0.4, 0.5) is 0 Å². The van der Waals surface area contributed by atoms with E-state index in [0.717, 1.165) is 0 Å². The molecular weight excluding hydrogens is 600 g/mol. The molecule has 2 saturated heterocycles. The van der Waals surface area contributed by atoms with Gasteiger partial charge >= 0.3 is 0 Å². The molecule has 15 nitrogen and oxygen atoms in total. The van der Waals surface area contributed by atoms with Crippen molar-refractivity contribution in [3.8, 4) is 28.7 Å². The van der Waals surface area contributed by atoms with Gasteiger partial charge in [-0.15, -0.1) is 0 Å². The van der Waals surface area contributed by atoms with Crippen LogP contribution in [0.3, 0.4) is 0 Å². The van der Waals surface area contributed by atoms with Gasteiger partial charge in [-0.3, -0.25) is 0 Å². The fourth-order valence-corrected chi connectivity index (χ4v) is 5.28. The standard InChI is InChI=1S/C30H38O15/c1-14-25(44-20-9-15(4-3-7-31)8-19(39-2)26(20)42-14)17-6-5-16(10-18(17)33)43-28-24(36)23(35)22(34)21(45-28)11-40-29-27(37)30(38,12-32)13-41-29/h3-6,8-10,14,21-25,27-29,31-38H,7,11-13H2,1-2H3/b4-3+/t14-,21+,22+,23-,24+,25+,27-,28+,29+,30+/m0/s1. The first-order valence-electron chi connectivity index (χ1n) is 14.3. The van der Waals surface area contributed by atoms with E-state index in [4.69, 9.17) is 38.3 Å². The van der Waals surface area contributed by atoms with E-state index in [1.807, 2.05) is 0 Å². The number of ether oxygens (including phenoxy) is 7. The van der Waals surface area contributed by atoms with Gasteiger partial charge in [-0.25, -0.2) is 0 Å². The van der Waals surface area contributed by atoms with Crippen LogP contribution in [0.2, 0.25) is 0 Å². The van der Waals surface area contributed by atoms with E-state index in [-0.39, 0.29) is 18.1 Å². The number of methoxy groups -OCH3 is 1. The number of aromatic hydroxyl groups is 1. The smallest absolute Gasteiger partial charge is 0.229 e. The molecule has 15 heteroatoms. The molecule has 2 aromatic carbocycles. The Balaban J connectivity index is 1.28. The predicted octanol–water partition coefficient (Wildman–Crippen LogP) is -1.05. The molecule has 2 fully saturated rings. The minimum absolute atomic E-state index is 0.0500. The number of aliphatic hydroxyl groups excluding tert-OH is 6. The summed E-state index contributed by atoms with van der Waals surface area (Å²) in [4.78, 5) is 0. The van der Waals surface area contributed by atoms with Crippen LogP contribution in [-0.4, -0.2) is 129 Å². The first-order valence-corrected chi connectivity index (χ1v) is 14.3. The highest BCUT2D eigenvalue weighted by molar-refractivity contribution is 5.63. The van der Waals surface area contributed by atoms with Gasteiger partial charge in [0, 0.05) is 11.6 Å². The average Bonchev–Trinajstić information content (AvgIpc) is 3.32. The molecular formula is C30H38O15. The topological polar surface area (TPSA) is 226 Å². The summed E-state index contributed by atoms with van der Waals surface area (Å²) < 4.78 is 39.7. The molecule has 248 valence electrons. The second-order valence-corrected chi connectivity index (χ2v) is 11.1. The molecule has 0 aromatic heterocycles. The molecule has 0 unspecified atom stereocenters. The zero-order chi connectivity index (χ0) is 32.5. The molecule has 2 aromatic rings. The highest BCUT2D eigenvalue weighted by Crippen LogP contribution is 2.47. The maximum atomic E-state index is 10.9. The van der Waals surface area contributed by atoms with Crippen molar-refractivity contribution < 1.29 is 74.0 Å². The lowest BCUT2D eigenvalue weighted by Gasteiger charge is -2.40. The average molecular weight is 639 g/mol. The van der Waals surface area contributed by atoms with Crippen molar-refractivity contribution in [1.29, 1.82) is 0 Å². The maximum Gasteiger partial charge on any atom is 0.229 e. The minimum Gasteiger partial charge on any atom is -0.507 e. The third-order valence-electron chi connectivity index (χ3n) is 7.90. The van der Waals surface area contributed by atoms with Crippen molar-refractivity contribution in [3.05, 3.63) is 47.5 Å². The highest BCUT2D eigenvalue weighted by atomic mass is 16.7. The van der Waals surface area contributed by atoms with Gasteiger partial charge < -0.3 is 74.0 Å². The van der Waals surface area contributed by atoms with Crippen LogP contribution in [0, 0.1) is 0 Å². The number of phenols is 1. The van der Waals surface area contributed by atoms with Crippen LogP contribution in [0.1, 0.15) is 24.2 Å². The summed E-state index contributed by atoms with van der Waals surface area (Å²) in [5.74, 6) is 1.01. The largest absolute Gasteiger partial charge is 0.507 e. The van der Waals surface area contributed by atoms with Gasteiger partial charge in [0.2, 0.25) is 12.0 Å². The minimum atomic E-state index is -1.92. The Morgan fingerprint density at radius 2 is 1.78 bits per heavy atom. The van der Waals surface area contributed by atoms with E-state index in [9.17, 15) is 35.7 Å². The van der Waals surface area contributed by atoms with Gasteiger partial charge in [-0.2, -0.15) is 0 Å². The summed E-state index contributed by atoms with van der Waals surface area (Å²) in [5, 5.41) is 81.1. The van der Waals surface area contributed by atoms with Gasteiger partial charge in [-0.05, 0) is 36.8 Å². The van der Waals surface area contributed by atoms with Crippen LogP contribution in [0.5, 0.6) is 28.7 Å². The van der Waals surface area contributed by atoms with Gasteiger partial charge in [0.1, 0.15) is 53.7 Å². The van der Waals surface area contributed by atoms with E-state index in [2.05, 4.69) is 0 Å². The van der Waals surface area contributed by atoms with E-state index < -0.39 is 80.7 Å². The zero-order valence-electron chi connectivity index (χ0n) is 24.5. The lowest BCUT2D eigenvalue weighted by atomic mass is 9.99. The lowest BCUT2D eigenvalue weighted by Crippen LogP contribution is -2.60. The Kier molecular flexibility index (Phi) is 10.0. The first-order chi connectivity index (χ1) is 21.5. The lowest BCUT2D eigenvalue weighted by molar-refractivity contribution is -0.289. The molecule has 3 aliphatic rings. The highest BCUT2D eigenvalue weighted by Gasteiger charge is 2.50. The molecule has 0 spiro atoms. The summed E-state index contributed by atoms with van der Waals surface area (Å²) >= 11 is 0. The number of hydrogen-bond donors (Lipinski definition) is 8.